The van der Waals surface area contributed by atoms with Crippen molar-refractivity contribution >= 4 is 0 Å². The Morgan fingerprint density at radius 2 is 2.10 bits per heavy atom. The summed E-state index contributed by atoms with van der Waals surface area (Å²) in [4.78, 5) is 0. The lowest BCUT2D eigenvalue weighted by Gasteiger charge is -2.23. The molecule has 0 bridgehead atoms. The van der Waals surface area contributed by atoms with Crippen LogP contribution in [0.4, 0.5) is 0 Å². The molecule has 1 heteroatoms. The van der Waals surface area contributed by atoms with Crippen LogP contribution in [0.25, 0.3) is 0 Å². The first-order valence-corrected chi connectivity index (χ1v) is 4.17. The van der Waals surface area contributed by atoms with Gasteiger partial charge in [0.1, 0.15) is 0 Å². The Kier molecular flexibility index (Phi) is 1.53. The minimum absolute atomic E-state index is 0.543. The summed E-state index contributed by atoms with van der Waals surface area (Å²) in [5, 5.41) is 0. The van der Waals surface area contributed by atoms with E-state index in [1.54, 1.807) is 0 Å². The molecule has 2 aliphatic rings. The normalized spacial score (nSPS) is 39.8. The lowest BCUT2D eigenvalue weighted by Crippen LogP contribution is -2.20. The van der Waals surface area contributed by atoms with E-state index >= 15 is 0 Å². The maximum Gasteiger partial charge on any atom is 0.0681 e. The molecule has 1 aliphatic heterocycles. The minimum Gasteiger partial charge on any atom is -0.373 e. The maximum absolute atomic E-state index is 5.57. The van der Waals surface area contributed by atoms with Gasteiger partial charge in [0.2, 0.25) is 0 Å². The van der Waals surface area contributed by atoms with Crippen LogP contribution >= 0.6 is 0 Å². The molecule has 0 aromatic carbocycles. The van der Waals surface area contributed by atoms with Crippen molar-refractivity contribution in [3.05, 3.63) is 12.2 Å². The molecule has 0 aromatic rings. The molecule has 0 unspecified atom stereocenters. The van der Waals surface area contributed by atoms with Crippen molar-refractivity contribution < 1.29 is 4.74 Å². The van der Waals surface area contributed by atoms with E-state index in [1.807, 2.05) is 0 Å². The summed E-state index contributed by atoms with van der Waals surface area (Å²) in [6, 6.07) is 0. The number of rotatable bonds is 0. The Morgan fingerprint density at radius 3 is 2.90 bits per heavy atom. The van der Waals surface area contributed by atoms with E-state index in [4.69, 9.17) is 4.74 Å². The van der Waals surface area contributed by atoms with Crippen LogP contribution in [0, 0.1) is 5.92 Å². The second-order valence-electron chi connectivity index (χ2n) is 3.40. The topological polar surface area (TPSA) is 9.23 Å². The van der Waals surface area contributed by atoms with Gasteiger partial charge in [-0.05, 0) is 18.4 Å². The summed E-state index contributed by atoms with van der Waals surface area (Å²) in [5.41, 5.74) is 1.34. The molecule has 1 aliphatic carbocycles. The van der Waals surface area contributed by atoms with Crippen molar-refractivity contribution in [1.82, 2.24) is 0 Å². The van der Waals surface area contributed by atoms with Crippen molar-refractivity contribution in [2.45, 2.75) is 31.8 Å². The Bertz CT molecular complexity index is 151. The highest BCUT2D eigenvalue weighted by atomic mass is 16.5. The van der Waals surface area contributed by atoms with Crippen molar-refractivity contribution in [3.63, 3.8) is 0 Å². The maximum atomic E-state index is 5.57. The monoisotopic (exact) mass is 138 g/mol. The van der Waals surface area contributed by atoms with Crippen molar-refractivity contribution in [3.8, 4) is 0 Å². The van der Waals surface area contributed by atoms with E-state index in [0.29, 0.717) is 12.0 Å². The van der Waals surface area contributed by atoms with E-state index in [2.05, 4.69) is 6.58 Å². The van der Waals surface area contributed by atoms with Gasteiger partial charge >= 0.3 is 0 Å². The summed E-state index contributed by atoms with van der Waals surface area (Å²) in [5.74, 6) is 0.716. The fourth-order valence-electron chi connectivity index (χ4n) is 2.08. The standard InChI is InChI=1S/C9H14O/c1-7-6-10-9-5-3-2-4-8(7)9/h8-9H,1-6H2/t8-,9-/m1/s1. The quantitative estimate of drug-likeness (QED) is 0.466. The van der Waals surface area contributed by atoms with Crippen molar-refractivity contribution in [2.24, 2.45) is 5.92 Å². The number of hydrogen-bond acceptors (Lipinski definition) is 1. The second kappa shape index (κ2) is 2.39. The van der Waals surface area contributed by atoms with Gasteiger partial charge in [0, 0.05) is 5.92 Å². The van der Waals surface area contributed by atoms with Gasteiger partial charge in [-0.15, -0.1) is 0 Å². The van der Waals surface area contributed by atoms with Gasteiger partial charge in [-0.25, -0.2) is 0 Å². The Morgan fingerprint density at radius 1 is 1.30 bits per heavy atom. The molecule has 1 saturated heterocycles. The molecule has 56 valence electrons. The zero-order chi connectivity index (χ0) is 6.97. The van der Waals surface area contributed by atoms with Gasteiger partial charge in [-0.2, -0.15) is 0 Å². The average molecular weight is 138 g/mol. The van der Waals surface area contributed by atoms with Gasteiger partial charge in [0.15, 0.2) is 0 Å². The SMILES string of the molecule is C=C1CO[C@@H]2CCCC[C@H]12. The van der Waals surface area contributed by atoms with E-state index in [0.717, 1.165) is 6.61 Å². The number of fused-ring (bicyclic) bond motifs is 1. The second-order valence-corrected chi connectivity index (χ2v) is 3.40. The van der Waals surface area contributed by atoms with Crippen LogP contribution in [0.3, 0.4) is 0 Å². The predicted molar refractivity (Wildman–Crippen MR) is 40.8 cm³/mol. The van der Waals surface area contributed by atoms with Gasteiger partial charge in [-0.3, -0.25) is 0 Å². The highest BCUT2D eigenvalue weighted by Gasteiger charge is 2.32. The van der Waals surface area contributed by atoms with Crippen LogP contribution in [0.15, 0.2) is 12.2 Å². The molecule has 1 heterocycles. The minimum atomic E-state index is 0.543. The first-order valence-electron chi connectivity index (χ1n) is 4.17. The van der Waals surface area contributed by atoms with Gasteiger partial charge in [0.25, 0.3) is 0 Å². The molecule has 0 radical (unpaired) electrons. The van der Waals surface area contributed by atoms with Crippen LogP contribution in [0.5, 0.6) is 0 Å². The third-order valence-electron chi connectivity index (χ3n) is 2.71. The molecule has 2 rings (SSSR count). The van der Waals surface area contributed by atoms with Crippen LogP contribution in [-0.4, -0.2) is 12.7 Å². The largest absolute Gasteiger partial charge is 0.373 e. The predicted octanol–water partition coefficient (Wildman–Crippen LogP) is 2.13. The molecule has 1 nitrogen and oxygen atoms in total. The van der Waals surface area contributed by atoms with E-state index in [-0.39, 0.29) is 0 Å². The molecule has 0 amide bonds. The summed E-state index contributed by atoms with van der Waals surface area (Å²) in [6.45, 7) is 4.84. The molecule has 0 spiro atoms. The lowest BCUT2D eigenvalue weighted by atomic mass is 9.84. The Hall–Kier alpha value is -0.300. The summed E-state index contributed by atoms with van der Waals surface area (Å²) >= 11 is 0. The molecule has 2 fully saturated rings. The number of hydrogen-bond donors (Lipinski definition) is 0. The van der Waals surface area contributed by atoms with Crippen LogP contribution < -0.4 is 0 Å². The van der Waals surface area contributed by atoms with Crippen molar-refractivity contribution in [1.29, 1.82) is 0 Å². The summed E-state index contributed by atoms with van der Waals surface area (Å²) < 4.78 is 5.57. The van der Waals surface area contributed by atoms with E-state index in [1.165, 1.54) is 31.3 Å². The Balaban J connectivity index is 2.08. The fourth-order valence-corrected chi connectivity index (χ4v) is 2.08. The molecule has 0 aromatic heterocycles. The first kappa shape index (κ1) is 6.41. The van der Waals surface area contributed by atoms with Gasteiger partial charge in [-0.1, -0.05) is 19.4 Å². The van der Waals surface area contributed by atoms with Gasteiger partial charge in [0.05, 0.1) is 12.7 Å². The first-order chi connectivity index (χ1) is 4.88. The Labute approximate surface area is 62.1 Å². The molecular formula is C9H14O. The van der Waals surface area contributed by atoms with Crippen LogP contribution in [-0.2, 0) is 4.74 Å². The molecule has 1 saturated carbocycles. The highest BCUT2D eigenvalue weighted by Crippen LogP contribution is 2.36. The highest BCUT2D eigenvalue weighted by molar-refractivity contribution is 5.09. The average Bonchev–Trinajstić information content (AvgIpc) is 2.34. The molecular weight excluding hydrogens is 124 g/mol. The smallest absolute Gasteiger partial charge is 0.0681 e. The number of ether oxygens (including phenoxy) is 1. The molecule has 10 heavy (non-hydrogen) atoms. The van der Waals surface area contributed by atoms with Crippen molar-refractivity contribution in [2.75, 3.05) is 6.61 Å². The van der Waals surface area contributed by atoms with E-state index < -0.39 is 0 Å². The zero-order valence-electron chi connectivity index (χ0n) is 6.31. The van der Waals surface area contributed by atoms with Gasteiger partial charge < -0.3 is 4.74 Å². The molecule has 2 atom stereocenters. The third-order valence-corrected chi connectivity index (χ3v) is 2.71. The third kappa shape index (κ3) is 0.891. The summed E-state index contributed by atoms with van der Waals surface area (Å²) in [7, 11) is 0. The van der Waals surface area contributed by atoms with Crippen LogP contribution in [0.1, 0.15) is 25.7 Å². The lowest BCUT2D eigenvalue weighted by molar-refractivity contribution is 0.0663. The molecule has 0 N–H and O–H groups in total. The van der Waals surface area contributed by atoms with E-state index in [9.17, 15) is 0 Å². The summed E-state index contributed by atoms with van der Waals surface area (Å²) in [6.07, 6.45) is 5.87. The zero-order valence-corrected chi connectivity index (χ0v) is 6.31. The van der Waals surface area contributed by atoms with Crippen LogP contribution in [0.2, 0.25) is 0 Å². The fraction of sp³-hybridized carbons (Fsp3) is 0.778.